The fraction of sp³-hybridized carbons (Fsp3) is 0.952. The highest BCUT2D eigenvalue weighted by Crippen LogP contribution is 2.32. The highest BCUT2D eigenvalue weighted by molar-refractivity contribution is 4.76. The van der Waals surface area contributed by atoms with Crippen molar-refractivity contribution in [3.8, 4) is 0 Å². The van der Waals surface area contributed by atoms with E-state index in [1.807, 2.05) is 0 Å². The second-order valence-electron chi connectivity index (χ2n) is 8.61. The van der Waals surface area contributed by atoms with Crippen molar-refractivity contribution in [1.29, 1.82) is 0 Å². The van der Waals surface area contributed by atoms with E-state index in [4.69, 9.17) is 0 Å². The van der Waals surface area contributed by atoms with Gasteiger partial charge in [-0.3, -0.25) is 0 Å². The van der Waals surface area contributed by atoms with Gasteiger partial charge in [-0.25, -0.2) is 0 Å². The Morgan fingerprint density at radius 2 is 1.10 bits per heavy atom. The zero-order valence-corrected chi connectivity index (χ0v) is 16.1. The summed E-state index contributed by atoms with van der Waals surface area (Å²) in [6, 6.07) is 0. The summed E-state index contributed by atoms with van der Waals surface area (Å²) in [5.41, 5.74) is 1.11. The second-order valence-corrected chi connectivity index (χ2v) is 8.61. The Morgan fingerprint density at radius 3 is 1.71 bits per heavy atom. The normalized spacial score (nSPS) is 12.9. The quantitative estimate of drug-likeness (QED) is 0.285. The second kappa shape index (κ2) is 11.6. The van der Waals surface area contributed by atoms with Crippen LogP contribution in [0.1, 0.15) is 119 Å². The SMILES string of the molecule is CCCCCC(C)(C)CC[CH]CCCC(C)(C)CCCC. The minimum absolute atomic E-state index is 0.548. The standard InChI is InChI=1S/C21H43/c1-7-9-13-17-21(5,6)19-15-12-11-14-18-20(3,4)16-10-8-2/h12H,7-11,13-19H2,1-6H3. The minimum Gasteiger partial charge on any atom is -0.0654 e. The van der Waals surface area contributed by atoms with Crippen molar-refractivity contribution in [3.63, 3.8) is 0 Å². The molecule has 0 bridgehead atoms. The van der Waals surface area contributed by atoms with Crippen molar-refractivity contribution in [2.75, 3.05) is 0 Å². The maximum Gasteiger partial charge on any atom is -0.0354 e. The Hall–Kier alpha value is 0. The summed E-state index contributed by atoms with van der Waals surface area (Å²) < 4.78 is 0. The van der Waals surface area contributed by atoms with E-state index in [0.29, 0.717) is 10.8 Å². The smallest absolute Gasteiger partial charge is 0.0354 e. The summed E-state index contributed by atoms with van der Waals surface area (Å²) in [5, 5.41) is 0. The van der Waals surface area contributed by atoms with E-state index in [9.17, 15) is 0 Å². The summed E-state index contributed by atoms with van der Waals surface area (Å²) in [7, 11) is 0. The van der Waals surface area contributed by atoms with Crippen molar-refractivity contribution in [2.24, 2.45) is 10.8 Å². The van der Waals surface area contributed by atoms with Gasteiger partial charge in [0.15, 0.2) is 0 Å². The maximum atomic E-state index is 2.55. The van der Waals surface area contributed by atoms with Crippen LogP contribution in [0.5, 0.6) is 0 Å². The molecule has 0 atom stereocenters. The molecule has 0 aromatic carbocycles. The first-order chi connectivity index (χ1) is 9.83. The van der Waals surface area contributed by atoms with E-state index in [-0.39, 0.29) is 0 Å². The molecule has 0 aliphatic rings. The molecule has 0 saturated carbocycles. The van der Waals surface area contributed by atoms with Gasteiger partial charge in [0.05, 0.1) is 0 Å². The van der Waals surface area contributed by atoms with Crippen molar-refractivity contribution >= 4 is 0 Å². The molecule has 0 unspecified atom stereocenters. The number of unbranched alkanes of at least 4 members (excludes halogenated alkanes) is 6. The van der Waals surface area contributed by atoms with E-state index in [2.05, 4.69) is 48.0 Å². The Labute approximate surface area is 136 Å². The molecule has 0 N–H and O–H groups in total. The molecule has 127 valence electrons. The largest absolute Gasteiger partial charge is 0.0654 e. The van der Waals surface area contributed by atoms with Gasteiger partial charge in [0.1, 0.15) is 0 Å². The summed E-state index contributed by atoms with van der Waals surface area (Å²) in [6.45, 7) is 14.4. The molecular weight excluding hydrogens is 252 g/mol. The van der Waals surface area contributed by atoms with E-state index < -0.39 is 0 Å². The van der Waals surface area contributed by atoms with Crippen LogP contribution < -0.4 is 0 Å². The maximum absolute atomic E-state index is 2.55. The van der Waals surface area contributed by atoms with Crippen molar-refractivity contribution in [2.45, 2.75) is 119 Å². The van der Waals surface area contributed by atoms with E-state index in [1.54, 1.807) is 0 Å². The molecule has 0 aliphatic carbocycles. The van der Waals surface area contributed by atoms with Crippen LogP contribution in [0.15, 0.2) is 0 Å². The third-order valence-corrected chi connectivity index (χ3v) is 4.95. The zero-order chi connectivity index (χ0) is 16.2. The van der Waals surface area contributed by atoms with Crippen LogP contribution in [-0.4, -0.2) is 0 Å². The number of rotatable bonds is 14. The van der Waals surface area contributed by atoms with Crippen LogP contribution in [0.25, 0.3) is 0 Å². The van der Waals surface area contributed by atoms with E-state index in [0.717, 1.165) is 0 Å². The molecule has 0 heteroatoms. The minimum atomic E-state index is 0.548. The third kappa shape index (κ3) is 13.4. The molecule has 0 fully saturated rings. The van der Waals surface area contributed by atoms with E-state index >= 15 is 0 Å². The molecule has 0 nitrogen and oxygen atoms in total. The number of hydrogen-bond donors (Lipinski definition) is 0. The highest BCUT2D eigenvalue weighted by Gasteiger charge is 2.18. The molecule has 0 rings (SSSR count). The van der Waals surface area contributed by atoms with Crippen molar-refractivity contribution < 1.29 is 0 Å². The van der Waals surface area contributed by atoms with Gasteiger partial charge in [0.25, 0.3) is 0 Å². The number of hydrogen-bond acceptors (Lipinski definition) is 0. The van der Waals surface area contributed by atoms with Gasteiger partial charge in [-0.15, -0.1) is 0 Å². The molecular formula is C21H43. The summed E-state index contributed by atoms with van der Waals surface area (Å²) in [5.74, 6) is 0. The van der Waals surface area contributed by atoms with Crippen LogP contribution in [-0.2, 0) is 0 Å². The first-order valence-corrected chi connectivity index (χ1v) is 9.64. The Morgan fingerprint density at radius 1 is 0.571 bits per heavy atom. The summed E-state index contributed by atoms with van der Waals surface area (Å²) in [4.78, 5) is 0. The van der Waals surface area contributed by atoms with Crippen LogP contribution in [0, 0.1) is 17.3 Å². The lowest BCUT2D eigenvalue weighted by Crippen LogP contribution is -2.12. The average Bonchev–Trinajstić information content (AvgIpc) is 2.40. The third-order valence-electron chi connectivity index (χ3n) is 4.95. The Kier molecular flexibility index (Phi) is 11.6. The van der Waals surface area contributed by atoms with Crippen molar-refractivity contribution in [1.82, 2.24) is 0 Å². The summed E-state index contributed by atoms with van der Waals surface area (Å²) in [6.07, 6.45) is 19.0. The molecule has 0 aromatic heterocycles. The fourth-order valence-electron chi connectivity index (χ4n) is 3.12. The molecule has 0 aliphatic heterocycles. The van der Waals surface area contributed by atoms with Gasteiger partial charge >= 0.3 is 0 Å². The predicted molar refractivity (Wildman–Crippen MR) is 98.6 cm³/mol. The molecule has 21 heavy (non-hydrogen) atoms. The lowest BCUT2D eigenvalue weighted by atomic mass is 9.80. The van der Waals surface area contributed by atoms with Gasteiger partial charge in [-0.2, -0.15) is 0 Å². The van der Waals surface area contributed by atoms with Gasteiger partial charge in [-0.1, -0.05) is 86.5 Å². The highest BCUT2D eigenvalue weighted by atomic mass is 14.2. The predicted octanol–water partition coefficient (Wildman–Crippen LogP) is 7.96. The Bertz CT molecular complexity index is 224. The van der Waals surface area contributed by atoms with Crippen LogP contribution >= 0.6 is 0 Å². The Balaban J connectivity index is 3.58. The monoisotopic (exact) mass is 295 g/mol. The van der Waals surface area contributed by atoms with Crippen LogP contribution in [0.4, 0.5) is 0 Å². The zero-order valence-electron chi connectivity index (χ0n) is 16.1. The van der Waals surface area contributed by atoms with Gasteiger partial charge in [0.2, 0.25) is 0 Å². The first kappa shape index (κ1) is 21.0. The van der Waals surface area contributed by atoms with Gasteiger partial charge in [0, 0.05) is 0 Å². The molecule has 0 saturated heterocycles. The summed E-state index contributed by atoms with van der Waals surface area (Å²) >= 11 is 0. The molecule has 1 radical (unpaired) electrons. The molecule has 0 amide bonds. The lowest BCUT2D eigenvalue weighted by Gasteiger charge is -2.25. The van der Waals surface area contributed by atoms with Crippen LogP contribution in [0.3, 0.4) is 0 Å². The molecule has 0 aromatic rings. The van der Waals surface area contributed by atoms with Gasteiger partial charge < -0.3 is 0 Å². The topological polar surface area (TPSA) is 0 Å². The van der Waals surface area contributed by atoms with Gasteiger partial charge in [-0.05, 0) is 49.4 Å². The van der Waals surface area contributed by atoms with Crippen molar-refractivity contribution in [3.05, 3.63) is 6.42 Å². The molecule has 0 spiro atoms. The average molecular weight is 296 g/mol. The molecule has 0 heterocycles. The van der Waals surface area contributed by atoms with Crippen LogP contribution in [0.2, 0.25) is 0 Å². The lowest BCUT2D eigenvalue weighted by molar-refractivity contribution is 0.282. The first-order valence-electron chi connectivity index (χ1n) is 9.64. The van der Waals surface area contributed by atoms with E-state index in [1.165, 1.54) is 77.0 Å². The fourth-order valence-corrected chi connectivity index (χ4v) is 3.12.